The molecule has 2 aromatic rings. The molecule has 0 unspecified atom stereocenters. The summed E-state index contributed by atoms with van der Waals surface area (Å²) >= 11 is 0. The molecule has 1 aromatic carbocycles. The lowest BCUT2D eigenvalue weighted by Crippen LogP contribution is -2.42. The molecule has 0 atom stereocenters. The molecule has 1 saturated carbocycles. The van der Waals surface area contributed by atoms with Crippen LogP contribution >= 0.6 is 0 Å². The summed E-state index contributed by atoms with van der Waals surface area (Å²) in [6.07, 6.45) is 3.81. The van der Waals surface area contributed by atoms with E-state index in [-0.39, 0.29) is 18.7 Å². The molecular formula is C18H24N4O3. The number of carbonyl (C=O) groups is 1. The predicted molar refractivity (Wildman–Crippen MR) is 94.1 cm³/mol. The van der Waals surface area contributed by atoms with Gasteiger partial charge in [-0.15, -0.1) is 10.2 Å². The summed E-state index contributed by atoms with van der Waals surface area (Å²) in [5.41, 5.74) is 1.54. The van der Waals surface area contributed by atoms with Crippen molar-refractivity contribution in [1.82, 2.24) is 15.1 Å². The van der Waals surface area contributed by atoms with Gasteiger partial charge in [0.2, 0.25) is 11.8 Å². The molecule has 0 saturated heterocycles. The summed E-state index contributed by atoms with van der Waals surface area (Å²) in [7, 11) is 1.83. The normalized spacial score (nSPS) is 20.3. The molecule has 2 amide bonds. The summed E-state index contributed by atoms with van der Waals surface area (Å²) in [5.74, 6) is 1.37. The van der Waals surface area contributed by atoms with E-state index < -0.39 is 0 Å². The molecule has 2 N–H and O–H groups in total. The molecule has 0 spiro atoms. The van der Waals surface area contributed by atoms with E-state index in [9.17, 15) is 9.90 Å². The van der Waals surface area contributed by atoms with Gasteiger partial charge in [0.05, 0.1) is 0 Å². The maximum Gasteiger partial charge on any atom is 0.321 e. The Balaban J connectivity index is 1.57. The van der Waals surface area contributed by atoms with E-state index in [1.165, 1.54) is 0 Å². The second-order valence-corrected chi connectivity index (χ2v) is 6.60. The number of nitrogens with zero attached hydrogens (tertiary/aromatic N) is 3. The first-order valence-electron chi connectivity index (χ1n) is 8.62. The largest absolute Gasteiger partial charge is 0.421 e. The van der Waals surface area contributed by atoms with Crippen LogP contribution < -0.4 is 5.32 Å². The minimum absolute atomic E-state index is 0.117. The zero-order valence-electron chi connectivity index (χ0n) is 14.6. The first-order chi connectivity index (χ1) is 12.1. The highest BCUT2D eigenvalue weighted by Crippen LogP contribution is 2.27. The van der Waals surface area contributed by atoms with Crippen molar-refractivity contribution in [3.8, 4) is 11.5 Å². The summed E-state index contributed by atoms with van der Waals surface area (Å²) in [6.45, 7) is 1.99. The van der Waals surface area contributed by atoms with Gasteiger partial charge in [0, 0.05) is 37.9 Å². The molecule has 1 heterocycles. The molecule has 1 fully saturated rings. The summed E-state index contributed by atoms with van der Waals surface area (Å²) in [5, 5.41) is 19.9. The van der Waals surface area contributed by atoms with Crippen molar-refractivity contribution in [3.63, 3.8) is 0 Å². The van der Waals surface area contributed by atoms with Crippen molar-refractivity contribution < 1.29 is 14.3 Å². The van der Waals surface area contributed by atoms with Crippen molar-refractivity contribution in [3.05, 3.63) is 30.2 Å². The van der Waals surface area contributed by atoms with E-state index in [0.29, 0.717) is 17.7 Å². The van der Waals surface area contributed by atoms with Crippen LogP contribution in [0.4, 0.5) is 10.5 Å². The van der Waals surface area contributed by atoms with Crippen LogP contribution in [-0.4, -0.2) is 45.9 Å². The summed E-state index contributed by atoms with van der Waals surface area (Å²) in [6, 6.07) is 7.44. The van der Waals surface area contributed by atoms with Crippen molar-refractivity contribution in [2.75, 3.05) is 19.0 Å². The van der Waals surface area contributed by atoms with Crippen LogP contribution in [0.25, 0.3) is 11.5 Å². The van der Waals surface area contributed by atoms with Gasteiger partial charge in [0.15, 0.2) is 0 Å². The van der Waals surface area contributed by atoms with Gasteiger partial charge in [-0.05, 0) is 55.9 Å². The number of anilines is 1. The van der Waals surface area contributed by atoms with Crippen molar-refractivity contribution in [2.45, 2.75) is 38.6 Å². The van der Waals surface area contributed by atoms with E-state index in [1.54, 1.807) is 11.8 Å². The average molecular weight is 344 g/mol. The van der Waals surface area contributed by atoms with E-state index >= 15 is 0 Å². The first kappa shape index (κ1) is 17.4. The zero-order chi connectivity index (χ0) is 17.8. The lowest BCUT2D eigenvalue weighted by atomic mass is 9.86. The third kappa shape index (κ3) is 4.17. The van der Waals surface area contributed by atoms with Crippen molar-refractivity contribution in [1.29, 1.82) is 0 Å². The minimum atomic E-state index is -0.117. The molecule has 1 aromatic heterocycles. The van der Waals surface area contributed by atoms with Gasteiger partial charge in [-0.1, -0.05) is 0 Å². The summed E-state index contributed by atoms with van der Waals surface area (Å²) < 4.78 is 5.39. The Morgan fingerprint density at radius 2 is 1.92 bits per heavy atom. The standard InChI is InChI=1S/C18H24N4O3/c1-12-20-21-17(25-12)14-5-7-15(8-6-14)19-18(24)22(2)16-9-3-13(11-23)4-10-16/h5-8,13,16,23H,3-4,9-11H2,1-2H3,(H,19,24). The number of benzene rings is 1. The molecule has 0 radical (unpaired) electrons. The number of aliphatic hydroxyl groups excluding tert-OH is 1. The topological polar surface area (TPSA) is 91.5 Å². The number of aliphatic hydroxyl groups is 1. The molecular weight excluding hydrogens is 320 g/mol. The fourth-order valence-corrected chi connectivity index (χ4v) is 3.20. The van der Waals surface area contributed by atoms with E-state index in [1.807, 2.05) is 31.3 Å². The van der Waals surface area contributed by atoms with Crippen molar-refractivity contribution in [2.24, 2.45) is 5.92 Å². The molecule has 3 rings (SSSR count). The number of aryl methyl sites for hydroxylation is 1. The Morgan fingerprint density at radius 3 is 2.48 bits per heavy atom. The number of urea groups is 1. The monoisotopic (exact) mass is 344 g/mol. The smallest absolute Gasteiger partial charge is 0.321 e. The number of aromatic nitrogens is 2. The van der Waals surface area contributed by atoms with Crippen LogP contribution in [0.1, 0.15) is 31.6 Å². The molecule has 0 aliphatic heterocycles. The SMILES string of the molecule is Cc1nnc(-c2ccc(NC(=O)N(C)C3CCC(CO)CC3)cc2)o1. The van der Waals surface area contributed by atoms with E-state index in [2.05, 4.69) is 15.5 Å². The molecule has 1 aliphatic rings. The fourth-order valence-electron chi connectivity index (χ4n) is 3.20. The average Bonchev–Trinajstić information content (AvgIpc) is 3.08. The van der Waals surface area contributed by atoms with Gasteiger partial charge >= 0.3 is 6.03 Å². The number of amides is 2. The highest BCUT2D eigenvalue weighted by molar-refractivity contribution is 5.89. The molecule has 1 aliphatic carbocycles. The second-order valence-electron chi connectivity index (χ2n) is 6.60. The second kappa shape index (κ2) is 7.65. The zero-order valence-corrected chi connectivity index (χ0v) is 14.6. The quantitative estimate of drug-likeness (QED) is 0.889. The van der Waals surface area contributed by atoms with Gasteiger partial charge < -0.3 is 19.7 Å². The van der Waals surface area contributed by atoms with Gasteiger partial charge in [0.25, 0.3) is 0 Å². The Kier molecular flexibility index (Phi) is 5.33. The highest BCUT2D eigenvalue weighted by atomic mass is 16.4. The van der Waals surface area contributed by atoms with Gasteiger partial charge in [0.1, 0.15) is 0 Å². The number of hydrogen-bond acceptors (Lipinski definition) is 5. The van der Waals surface area contributed by atoms with Crippen LogP contribution in [-0.2, 0) is 0 Å². The summed E-state index contributed by atoms with van der Waals surface area (Å²) in [4.78, 5) is 14.2. The molecule has 0 bridgehead atoms. The lowest BCUT2D eigenvalue weighted by molar-refractivity contribution is 0.139. The number of nitrogens with one attached hydrogen (secondary N) is 1. The van der Waals surface area contributed by atoms with Gasteiger partial charge in [-0.25, -0.2) is 4.79 Å². The maximum atomic E-state index is 12.4. The Morgan fingerprint density at radius 1 is 1.24 bits per heavy atom. The third-order valence-corrected chi connectivity index (χ3v) is 4.85. The van der Waals surface area contributed by atoms with Crippen LogP contribution in [0.5, 0.6) is 0 Å². The Hall–Kier alpha value is -2.41. The lowest BCUT2D eigenvalue weighted by Gasteiger charge is -2.34. The Bertz CT molecular complexity index is 705. The van der Waals surface area contributed by atoms with E-state index in [4.69, 9.17) is 4.42 Å². The van der Waals surface area contributed by atoms with Gasteiger partial charge in [-0.2, -0.15) is 0 Å². The fraction of sp³-hybridized carbons (Fsp3) is 0.500. The number of carbonyl (C=O) groups excluding carboxylic acids is 1. The van der Waals surface area contributed by atoms with E-state index in [0.717, 1.165) is 36.9 Å². The van der Waals surface area contributed by atoms with Crippen molar-refractivity contribution >= 4 is 11.7 Å². The molecule has 7 heteroatoms. The van der Waals surface area contributed by atoms with Crippen LogP contribution in [0.15, 0.2) is 28.7 Å². The predicted octanol–water partition coefficient (Wildman–Crippen LogP) is 3.06. The molecule has 134 valence electrons. The Labute approximate surface area is 147 Å². The third-order valence-electron chi connectivity index (χ3n) is 4.85. The van der Waals surface area contributed by atoms with Crippen LogP contribution in [0, 0.1) is 12.8 Å². The number of hydrogen-bond donors (Lipinski definition) is 2. The maximum absolute atomic E-state index is 12.4. The molecule has 25 heavy (non-hydrogen) atoms. The minimum Gasteiger partial charge on any atom is -0.421 e. The highest BCUT2D eigenvalue weighted by Gasteiger charge is 2.26. The van der Waals surface area contributed by atoms with Gasteiger partial charge in [-0.3, -0.25) is 0 Å². The van der Waals surface area contributed by atoms with Crippen LogP contribution in [0.2, 0.25) is 0 Å². The first-order valence-corrected chi connectivity index (χ1v) is 8.62. The molecule has 7 nitrogen and oxygen atoms in total. The number of rotatable bonds is 4. The van der Waals surface area contributed by atoms with Crippen LogP contribution in [0.3, 0.4) is 0 Å².